The number of rotatable bonds is 6. The third-order valence-electron chi connectivity index (χ3n) is 5.52. The quantitative estimate of drug-likeness (QED) is 0.636. The van der Waals surface area contributed by atoms with E-state index in [1.165, 1.54) is 24.3 Å². The molecule has 4 rings (SSSR count). The minimum absolute atomic E-state index is 0.0209. The Morgan fingerprint density at radius 2 is 1.97 bits per heavy atom. The topological polar surface area (TPSA) is 78.1 Å². The number of aromatic nitrogens is 2. The van der Waals surface area contributed by atoms with Crippen LogP contribution >= 0.6 is 0 Å². The minimum atomic E-state index is -0.570. The van der Waals surface area contributed by atoms with Gasteiger partial charge in [0.25, 0.3) is 11.5 Å². The smallest absolute Gasteiger partial charge is 0.272 e. The van der Waals surface area contributed by atoms with E-state index >= 15 is 0 Å². The highest BCUT2D eigenvalue weighted by atomic mass is 19.1. The number of aromatic amines is 1. The molecular weight excluding hydrogens is 402 g/mol. The third-order valence-corrected chi connectivity index (χ3v) is 5.52. The van der Waals surface area contributed by atoms with Gasteiger partial charge in [-0.3, -0.25) is 9.59 Å². The highest BCUT2D eigenvalue weighted by Crippen LogP contribution is 2.23. The molecule has 1 amide bonds. The van der Waals surface area contributed by atoms with Crippen LogP contribution in [0.4, 0.5) is 8.78 Å². The highest BCUT2D eigenvalue weighted by Gasteiger charge is 2.32. The number of hydrogen-bond acceptors (Lipinski definition) is 4. The summed E-state index contributed by atoms with van der Waals surface area (Å²) >= 11 is 0. The van der Waals surface area contributed by atoms with Gasteiger partial charge in [0.15, 0.2) is 0 Å². The monoisotopic (exact) mass is 426 g/mol. The number of hydrogen-bond donors (Lipinski definition) is 2. The van der Waals surface area contributed by atoms with Crippen LogP contribution in [0.25, 0.3) is 10.8 Å². The molecule has 2 heterocycles. The lowest BCUT2D eigenvalue weighted by molar-refractivity contribution is 0.0493. The van der Waals surface area contributed by atoms with Crippen molar-refractivity contribution in [1.29, 1.82) is 0 Å². The van der Waals surface area contributed by atoms with Crippen LogP contribution in [0.3, 0.4) is 0 Å². The predicted octanol–water partition coefficient (Wildman–Crippen LogP) is 2.86. The van der Waals surface area contributed by atoms with Crippen molar-refractivity contribution in [2.45, 2.75) is 26.3 Å². The molecule has 0 bridgehead atoms. The van der Waals surface area contributed by atoms with Crippen molar-refractivity contribution in [2.75, 3.05) is 19.6 Å². The van der Waals surface area contributed by atoms with Gasteiger partial charge in [-0.2, -0.15) is 5.10 Å². The molecule has 2 aromatic carbocycles. The van der Waals surface area contributed by atoms with Crippen molar-refractivity contribution >= 4 is 16.7 Å². The zero-order valence-electron chi connectivity index (χ0n) is 17.4. The van der Waals surface area contributed by atoms with Crippen LogP contribution in [0.1, 0.15) is 35.5 Å². The molecule has 0 saturated carbocycles. The van der Waals surface area contributed by atoms with E-state index in [0.29, 0.717) is 41.7 Å². The Morgan fingerprint density at radius 3 is 2.71 bits per heavy atom. The maximum absolute atomic E-state index is 14.4. The average Bonchev–Trinajstić information content (AvgIpc) is 2.70. The number of nitrogens with one attached hydrogen (secondary N) is 2. The van der Waals surface area contributed by atoms with Crippen molar-refractivity contribution in [3.63, 3.8) is 0 Å². The fourth-order valence-electron chi connectivity index (χ4n) is 3.81. The Kier molecular flexibility index (Phi) is 5.82. The fraction of sp³-hybridized carbons (Fsp3) is 0.348. The Bertz CT molecular complexity index is 1190. The summed E-state index contributed by atoms with van der Waals surface area (Å²) in [5.41, 5.74) is 0.733. The normalized spacial score (nSPS) is 14.3. The number of fused-ring (bicyclic) bond motifs is 1. The van der Waals surface area contributed by atoms with E-state index in [0.717, 1.165) is 12.6 Å². The average molecular weight is 426 g/mol. The van der Waals surface area contributed by atoms with E-state index in [1.54, 1.807) is 11.0 Å². The second-order valence-electron chi connectivity index (χ2n) is 8.32. The number of carbonyl (C=O) groups excluding carboxylic acids is 1. The van der Waals surface area contributed by atoms with Crippen LogP contribution in [0.15, 0.2) is 41.2 Å². The third kappa shape index (κ3) is 4.49. The second kappa shape index (κ2) is 8.55. The summed E-state index contributed by atoms with van der Waals surface area (Å²) in [6.07, 6.45) is 0.264. The van der Waals surface area contributed by atoms with Crippen molar-refractivity contribution in [3.8, 4) is 0 Å². The minimum Gasteiger partial charge on any atom is -0.338 e. The molecule has 1 aliphatic heterocycles. The van der Waals surface area contributed by atoms with Crippen molar-refractivity contribution in [1.82, 2.24) is 20.4 Å². The number of likely N-dealkylation sites (tertiary alicyclic amines) is 1. The lowest BCUT2D eigenvalue weighted by atomic mass is 9.97. The SMILES string of the molecule is CC(C)NCC1CN(C(=O)c2cc(Cc3n[nH]c(=O)c4cc(F)ccc34)ccc2F)C1. The van der Waals surface area contributed by atoms with Gasteiger partial charge >= 0.3 is 0 Å². The molecule has 1 aliphatic rings. The molecule has 0 spiro atoms. The Balaban J connectivity index is 1.53. The number of benzene rings is 2. The first-order chi connectivity index (χ1) is 14.8. The molecule has 1 saturated heterocycles. The summed E-state index contributed by atoms with van der Waals surface area (Å²) in [7, 11) is 0. The molecule has 31 heavy (non-hydrogen) atoms. The van der Waals surface area contributed by atoms with Gasteiger partial charge in [0, 0.05) is 43.4 Å². The molecule has 162 valence electrons. The summed E-state index contributed by atoms with van der Waals surface area (Å²) in [6, 6.07) is 8.69. The molecule has 1 aromatic heterocycles. The van der Waals surface area contributed by atoms with Crippen LogP contribution in [0.2, 0.25) is 0 Å². The van der Waals surface area contributed by atoms with Crippen LogP contribution in [0.5, 0.6) is 0 Å². The predicted molar refractivity (Wildman–Crippen MR) is 114 cm³/mol. The van der Waals surface area contributed by atoms with Crippen LogP contribution in [0, 0.1) is 17.6 Å². The second-order valence-corrected chi connectivity index (χ2v) is 8.32. The maximum Gasteiger partial charge on any atom is 0.272 e. The number of H-pyrrole nitrogens is 1. The molecule has 8 heteroatoms. The molecule has 0 radical (unpaired) electrons. The summed E-state index contributed by atoms with van der Waals surface area (Å²) < 4.78 is 27.9. The number of nitrogens with zero attached hydrogens (tertiary/aromatic N) is 2. The standard InChI is InChI=1S/C23H24F2N4O2/c1-13(2)26-10-15-11-29(12-15)23(31)19-7-14(3-6-20(19)25)8-21-17-5-4-16(24)9-18(17)22(30)28-27-21/h3-7,9,13,15,26H,8,10-12H2,1-2H3,(H,28,30). The largest absolute Gasteiger partial charge is 0.338 e. The number of carbonyl (C=O) groups is 1. The molecular formula is C23H24F2N4O2. The van der Waals surface area contributed by atoms with Crippen molar-refractivity contribution < 1.29 is 13.6 Å². The van der Waals surface area contributed by atoms with Gasteiger partial charge in [-0.15, -0.1) is 0 Å². The van der Waals surface area contributed by atoms with Gasteiger partial charge in [0.2, 0.25) is 0 Å². The van der Waals surface area contributed by atoms with Gasteiger partial charge in [0.1, 0.15) is 11.6 Å². The lowest BCUT2D eigenvalue weighted by Crippen LogP contribution is -2.54. The van der Waals surface area contributed by atoms with E-state index in [4.69, 9.17) is 0 Å². The summed E-state index contributed by atoms with van der Waals surface area (Å²) in [6.45, 7) is 6.16. The maximum atomic E-state index is 14.4. The Labute approximate surface area is 178 Å². The van der Waals surface area contributed by atoms with Gasteiger partial charge in [-0.05, 0) is 35.9 Å². The molecule has 0 unspecified atom stereocenters. The summed E-state index contributed by atoms with van der Waals surface area (Å²) in [5, 5.41) is 10.5. The number of halogens is 2. The van der Waals surface area contributed by atoms with E-state index < -0.39 is 17.2 Å². The van der Waals surface area contributed by atoms with Crippen LogP contribution < -0.4 is 10.9 Å². The summed E-state index contributed by atoms with van der Waals surface area (Å²) in [4.78, 5) is 26.4. The van der Waals surface area contributed by atoms with Crippen molar-refractivity contribution in [2.24, 2.45) is 5.92 Å². The highest BCUT2D eigenvalue weighted by molar-refractivity contribution is 5.95. The van der Waals surface area contributed by atoms with E-state index in [2.05, 4.69) is 29.4 Å². The fourth-order valence-corrected chi connectivity index (χ4v) is 3.81. The van der Waals surface area contributed by atoms with Gasteiger partial charge in [-0.1, -0.05) is 19.9 Å². The first-order valence-electron chi connectivity index (χ1n) is 10.3. The van der Waals surface area contributed by atoms with Gasteiger partial charge in [-0.25, -0.2) is 13.9 Å². The molecule has 6 nitrogen and oxygen atoms in total. The molecule has 1 fully saturated rings. The lowest BCUT2D eigenvalue weighted by Gasteiger charge is -2.40. The van der Waals surface area contributed by atoms with Crippen molar-refractivity contribution in [3.05, 3.63) is 75.2 Å². The Morgan fingerprint density at radius 1 is 1.19 bits per heavy atom. The molecule has 3 aromatic rings. The summed E-state index contributed by atoms with van der Waals surface area (Å²) in [5.74, 6) is -1.05. The zero-order valence-corrected chi connectivity index (χ0v) is 17.4. The van der Waals surface area contributed by atoms with Crippen LogP contribution in [-0.2, 0) is 6.42 Å². The van der Waals surface area contributed by atoms with E-state index in [-0.39, 0.29) is 23.3 Å². The first kappa shape index (κ1) is 21.1. The first-order valence-corrected chi connectivity index (χ1v) is 10.3. The molecule has 0 aliphatic carbocycles. The molecule has 0 atom stereocenters. The van der Waals surface area contributed by atoms with Gasteiger partial charge < -0.3 is 10.2 Å². The van der Waals surface area contributed by atoms with Crippen LogP contribution in [-0.4, -0.2) is 46.7 Å². The van der Waals surface area contributed by atoms with E-state index in [1.807, 2.05) is 0 Å². The molecule has 2 N–H and O–H groups in total. The number of amides is 1. The van der Waals surface area contributed by atoms with Gasteiger partial charge in [0.05, 0.1) is 16.6 Å². The zero-order chi connectivity index (χ0) is 22.1. The van der Waals surface area contributed by atoms with E-state index in [9.17, 15) is 18.4 Å². The Hall–Kier alpha value is -3.13.